The molecule has 0 saturated carbocycles. The lowest BCUT2D eigenvalue weighted by molar-refractivity contribution is 0.0955. The summed E-state index contributed by atoms with van der Waals surface area (Å²) in [5.74, 6) is 0.499. The summed E-state index contributed by atoms with van der Waals surface area (Å²) in [5.41, 5.74) is 7.19. The molecular formula is C23H22N4OS. The maximum Gasteiger partial charge on any atom is 0.271 e. The van der Waals surface area contributed by atoms with Crippen molar-refractivity contribution in [2.45, 2.75) is 24.8 Å². The van der Waals surface area contributed by atoms with Crippen LogP contribution in [0.1, 0.15) is 32.9 Å². The monoisotopic (exact) mass is 402 g/mol. The fourth-order valence-electron chi connectivity index (χ4n) is 2.58. The number of amides is 1. The molecule has 0 fully saturated rings. The molecule has 29 heavy (non-hydrogen) atoms. The maximum absolute atomic E-state index is 12.2. The Morgan fingerprint density at radius 3 is 2.41 bits per heavy atom. The van der Waals surface area contributed by atoms with Crippen LogP contribution in [0, 0.1) is 13.8 Å². The Balaban J connectivity index is 1.49. The minimum Gasteiger partial charge on any atom is -0.267 e. The van der Waals surface area contributed by atoms with Gasteiger partial charge in [0.1, 0.15) is 0 Å². The minimum atomic E-state index is -0.244. The summed E-state index contributed by atoms with van der Waals surface area (Å²) in [4.78, 5) is 21.0. The van der Waals surface area contributed by atoms with Gasteiger partial charge in [0.15, 0.2) is 5.16 Å². The largest absolute Gasteiger partial charge is 0.271 e. The molecule has 1 amide bonds. The van der Waals surface area contributed by atoms with Crippen LogP contribution < -0.4 is 5.43 Å². The molecule has 0 aliphatic heterocycles. The van der Waals surface area contributed by atoms with Crippen LogP contribution >= 0.6 is 11.8 Å². The van der Waals surface area contributed by atoms with Crippen LogP contribution in [0.15, 0.2) is 77.0 Å². The van der Waals surface area contributed by atoms with E-state index in [4.69, 9.17) is 0 Å². The highest BCUT2D eigenvalue weighted by molar-refractivity contribution is 7.98. The number of hydrogen-bond donors (Lipinski definition) is 1. The van der Waals surface area contributed by atoms with Gasteiger partial charge in [-0.15, -0.1) is 0 Å². The molecule has 0 aliphatic rings. The first kappa shape index (κ1) is 20.5. The molecular weight excluding hydrogens is 380 g/mol. The van der Waals surface area contributed by atoms with Crippen LogP contribution in [0.25, 0.3) is 6.08 Å². The lowest BCUT2D eigenvalue weighted by atomic mass is 10.1. The zero-order valence-corrected chi connectivity index (χ0v) is 17.2. The fourth-order valence-corrected chi connectivity index (χ4v) is 3.49. The van der Waals surface area contributed by atoms with E-state index in [9.17, 15) is 4.79 Å². The van der Waals surface area contributed by atoms with Crippen LogP contribution in [0.3, 0.4) is 0 Å². The van der Waals surface area contributed by atoms with E-state index in [1.807, 2.05) is 68.5 Å². The number of nitrogens with one attached hydrogen (secondary N) is 1. The highest BCUT2D eigenvalue weighted by Gasteiger charge is 2.05. The first-order valence-corrected chi connectivity index (χ1v) is 10.2. The number of benzene rings is 2. The summed E-state index contributed by atoms with van der Waals surface area (Å²) in [7, 11) is 0. The van der Waals surface area contributed by atoms with E-state index < -0.39 is 0 Å². The number of carbonyl (C=O) groups excluding carboxylic acids is 1. The minimum absolute atomic E-state index is 0.244. The average Bonchev–Trinajstić information content (AvgIpc) is 2.72. The van der Waals surface area contributed by atoms with Crippen molar-refractivity contribution in [1.82, 2.24) is 15.4 Å². The Labute approximate surface area is 175 Å². The van der Waals surface area contributed by atoms with Crippen molar-refractivity contribution in [2.75, 3.05) is 0 Å². The number of thioether (sulfide) groups is 1. The van der Waals surface area contributed by atoms with E-state index in [0.29, 0.717) is 5.56 Å². The lowest BCUT2D eigenvalue weighted by Gasteiger charge is -2.04. The first-order valence-electron chi connectivity index (χ1n) is 9.19. The molecule has 0 bridgehead atoms. The highest BCUT2D eigenvalue weighted by Crippen LogP contribution is 2.20. The van der Waals surface area contributed by atoms with Crippen LogP contribution in [-0.4, -0.2) is 22.1 Å². The Hall–Kier alpha value is -3.25. The zero-order chi connectivity index (χ0) is 20.5. The molecule has 0 radical (unpaired) electrons. The highest BCUT2D eigenvalue weighted by atomic mass is 32.2. The van der Waals surface area contributed by atoms with E-state index in [-0.39, 0.29) is 5.91 Å². The van der Waals surface area contributed by atoms with Crippen molar-refractivity contribution in [3.8, 4) is 0 Å². The van der Waals surface area contributed by atoms with Gasteiger partial charge in [-0.05, 0) is 49.2 Å². The van der Waals surface area contributed by atoms with Crippen molar-refractivity contribution >= 4 is 30.0 Å². The third kappa shape index (κ3) is 6.69. The van der Waals surface area contributed by atoms with Crippen LogP contribution in [0.5, 0.6) is 0 Å². The second-order valence-electron chi connectivity index (χ2n) is 6.41. The van der Waals surface area contributed by atoms with Gasteiger partial charge in [0.2, 0.25) is 0 Å². The second-order valence-corrected chi connectivity index (χ2v) is 7.35. The number of hydrogen-bond acceptors (Lipinski definition) is 5. The number of nitrogens with zero attached hydrogens (tertiary/aromatic N) is 3. The number of rotatable bonds is 7. The number of aromatic nitrogens is 2. The summed E-state index contributed by atoms with van der Waals surface area (Å²) >= 11 is 1.58. The van der Waals surface area contributed by atoms with Gasteiger partial charge >= 0.3 is 0 Å². The number of carbonyl (C=O) groups is 1. The average molecular weight is 403 g/mol. The molecule has 1 aromatic heterocycles. The van der Waals surface area contributed by atoms with Gasteiger partial charge < -0.3 is 0 Å². The Morgan fingerprint density at radius 2 is 1.72 bits per heavy atom. The molecule has 0 atom stereocenters. The number of allylic oxidation sites excluding steroid dienone is 1. The summed E-state index contributed by atoms with van der Waals surface area (Å²) in [6, 6.07) is 19.3. The molecule has 0 saturated heterocycles. The standard InChI is InChI=1S/C23H22N4OS/c1-17-15-18(2)26-23(25-17)29-16-20-10-12-21(13-11-20)22(28)27-24-14-6-9-19-7-4-3-5-8-19/h3-15H,16H2,1-2H3,(H,27,28)/b9-6+,24-14?. The molecule has 0 unspecified atom stereocenters. The predicted octanol–water partition coefficient (Wildman–Crippen LogP) is 4.81. The van der Waals surface area contributed by atoms with Gasteiger partial charge in [-0.2, -0.15) is 5.10 Å². The number of hydrazone groups is 1. The van der Waals surface area contributed by atoms with Crippen molar-refractivity contribution in [3.05, 3.63) is 94.8 Å². The van der Waals surface area contributed by atoms with Gasteiger partial charge in [-0.3, -0.25) is 4.79 Å². The molecule has 6 heteroatoms. The molecule has 146 valence electrons. The molecule has 0 aliphatic carbocycles. The third-order valence-electron chi connectivity index (χ3n) is 3.96. The Kier molecular flexibility index (Phi) is 7.30. The van der Waals surface area contributed by atoms with Gasteiger partial charge in [0.05, 0.1) is 0 Å². The van der Waals surface area contributed by atoms with Crippen molar-refractivity contribution in [2.24, 2.45) is 5.10 Å². The zero-order valence-electron chi connectivity index (χ0n) is 16.4. The van der Waals surface area contributed by atoms with E-state index in [2.05, 4.69) is 20.5 Å². The topological polar surface area (TPSA) is 67.2 Å². The summed E-state index contributed by atoms with van der Waals surface area (Å²) in [6.45, 7) is 3.93. The van der Waals surface area contributed by atoms with E-state index in [1.54, 1.807) is 36.2 Å². The van der Waals surface area contributed by atoms with Crippen molar-refractivity contribution < 1.29 is 4.79 Å². The molecule has 3 rings (SSSR count). The van der Waals surface area contributed by atoms with E-state index >= 15 is 0 Å². The molecule has 5 nitrogen and oxygen atoms in total. The van der Waals surface area contributed by atoms with Crippen LogP contribution in [-0.2, 0) is 5.75 Å². The quantitative estimate of drug-likeness (QED) is 0.266. The van der Waals surface area contributed by atoms with Gasteiger partial charge in [0.25, 0.3) is 5.91 Å². The molecule has 3 aromatic rings. The van der Waals surface area contributed by atoms with Gasteiger partial charge in [-0.1, -0.05) is 60.3 Å². The second kappa shape index (κ2) is 10.3. The summed E-state index contributed by atoms with van der Waals surface area (Å²) < 4.78 is 0. The fraction of sp³-hybridized carbons (Fsp3) is 0.130. The van der Waals surface area contributed by atoms with E-state index in [1.165, 1.54) is 0 Å². The van der Waals surface area contributed by atoms with Crippen molar-refractivity contribution in [3.63, 3.8) is 0 Å². The molecule has 1 N–H and O–H groups in total. The van der Waals surface area contributed by atoms with Crippen LogP contribution in [0.2, 0.25) is 0 Å². The smallest absolute Gasteiger partial charge is 0.267 e. The predicted molar refractivity (Wildman–Crippen MR) is 119 cm³/mol. The maximum atomic E-state index is 12.2. The van der Waals surface area contributed by atoms with E-state index in [0.717, 1.165) is 33.4 Å². The Bertz CT molecular complexity index is 995. The van der Waals surface area contributed by atoms with Gasteiger partial charge in [-0.25, -0.2) is 15.4 Å². The summed E-state index contributed by atoms with van der Waals surface area (Å²) in [6.07, 6.45) is 5.26. The van der Waals surface area contributed by atoms with Crippen molar-refractivity contribution in [1.29, 1.82) is 0 Å². The lowest BCUT2D eigenvalue weighted by Crippen LogP contribution is -2.17. The first-order chi connectivity index (χ1) is 14.1. The SMILES string of the molecule is Cc1cc(C)nc(SCc2ccc(C(=O)NN=C/C=C/c3ccccc3)cc2)n1. The third-order valence-corrected chi connectivity index (χ3v) is 4.88. The normalized spacial score (nSPS) is 11.2. The van der Waals surface area contributed by atoms with Crippen LogP contribution in [0.4, 0.5) is 0 Å². The molecule has 2 aromatic carbocycles. The molecule has 1 heterocycles. The summed E-state index contributed by atoms with van der Waals surface area (Å²) in [5, 5.41) is 4.71. The Morgan fingerprint density at radius 1 is 1.03 bits per heavy atom. The number of aryl methyl sites for hydroxylation is 2. The van der Waals surface area contributed by atoms with Gasteiger partial charge in [0, 0.05) is 28.9 Å². The molecule has 0 spiro atoms.